The monoisotopic (exact) mass is 264 g/mol. The van der Waals surface area contributed by atoms with E-state index in [1.165, 1.54) is 37.8 Å². The third kappa shape index (κ3) is 3.79. The second-order valence-corrected chi connectivity index (χ2v) is 5.21. The number of hydrogen-bond donors (Lipinski definition) is 0. The zero-order chi connectivity index (χ0) is 13.7. The van der Waals surface area contributed by atoms with E-state index >= 15 is 0 Å². The molecular weight excluding hydrogens is 243 g/mol. The van der Waals surface area contributed by atoms with Crippen molar-refractivity contribution in [3.8, 4) is 5.75 Å². The SMILES string of the molecule is CCCCCCCC1CC(=O)c2cc(F)ccc2O1. The molecule has 3 heteroatoms. The fourth-order valence-corrected chi connectivity index (χ4v) is 2.50. The summed E-state index contributed by atoms with van der Waals surface area (Å²) in [5.41, 5.74) is 0.391. The van der Waals surface area contributed by atoms with Gasteiger partial charge in [0.05, 0.1) is 5.56 Å². The van der Waals surface area contributed by atoms with Crippen LogP contribution in [0.25, 0.3) is 0 Å². The van der Waals surface area contributed by atoms with Crippen molar-refractivity contribution >= 4 is 5.78 Å². The molecule has 0 aromatic heterocycles. The molecule has 1 aromatic rings. The third-order valence-electron chi connectivity index (χ3n) is 3.58. The summed E-state index contributed by atoms with van der Waals surface area (Å²) in [4.78, 5) is 11.9. The molecule has 1 atom stereocenters. The number of Topliss-reactive ketones (excluding diaryl/α,β-unsaturated/α-hetero) is 1. The Labute approximate surface area is 114 Å². The standard InChI is InChI=1S/C16H21FO2/c1-2-3-4-5-6-7-13-11-15(18)14-10-12(17)8-9-16(14)19-13/h8-10,13H,2-7,11H2,1H3. The van der Waals surface area contributed by atoms with Crippen molar-refractivity contribution in [3.05, 3.63) is 29.6 Å². The number of hydrogen-bond acceptors (Lipinski definition) is 2. The first-order valence-corrected chi connectivity index (χ1v) is 7.20. The lowest BCUT2D eigenvalue weighted by Crippen LogP contribution is -2.27. The summed E-state index contributed by atoms with van der Waals surface area (Å²) < 4.78 is 18.9. The highest BCUT2D eigenvalue weighted by Gasteiger charge is 2.26. The van der Waals surface area contributed by atoms with Crippen LogP contribution in [0.3, 0.4) is 0 Å². The van der Waals surface area contributed by atoms with Crippen LogP contribution in [0.4, 0.5) is 4.39 Å². The molecule has 1 aromatic carbocycles. The quantitative estimate of drug-likeness (QED) is 0.706. The number of carbonyl (C=O) groups is 1. The van der Waals surface area contributed by atoms with Crippen LogP contribution < -0.4 is 4.74 Å². The first kappa shape index (κ1) is 14.0. The molecule has 0 fully saturated rings. The maximum absolute atomic E-state index is 13.1. The molecule has 0 amide bonds. The number of carbonyl (C=O) groups excluding carboxylic acids is 1. The maximum atomic E-state index is 13.1. The topological polar surface area (TPSA) is 26.3 Å². The van der Waals surface area contributed by atoms with Crippen molar-refractivity contribution < 1.29 is 13.9 Å². The van der Waals surface area contributed by atoms with E-state index in [9.17, 15) is 9.18 Å². The molecule has 0 spiro atoms. The fraction of sp³-hybridized carbons (Fsp3) is 0.562. The number of unbranched alkanes of at least 4 members (excludes halogenated alkanes) is 4. The molecule has 0 radical (unpaired) electrons. The van der Waals surface area contributed by atoms with Gasteiger partial charge in [0, 0.05) is 6.42 Å². The minimum atomic E-state index is -0.381. The van der Waals surface area contributed by atoms with Gasteiger partial charge in [-0.3, -0.25) is 4.79 Å². The van der Waals surface area contributed by atoms with Gasteiger partial charge in [-0.1, -0.05) is 32.6 Å². The van der Waals surface area contributed by atoms with Crippen molar-refractivity contribution in [2.45, 2.75) is 58.0 Å². The van der Waals surface area contributed by atoms with Crippen molar-refractivity contribution in [3.63, 3.8) is 0 Å². The number of ketones is 1. The van der Waals surface area contributed by atoms with Gasteiger partial charge in [0.25, 0.3) is 0 Å². The summed E-state index contributed by atoms with van der Waals surface area (Å²) in [5.74, 6) is 0.157. The van der Waals surface area contributed by atoms with Gasteiger partial charge in [-0.15, -0.1) is 0 Å². The Morgan fingerprint density at radius 2 is 2.05 bits per heavy atom. The maximum Gasteiger partial charge on any atom is 0.170 e. The lowest BCUT2D eigenvalue weighted by Gasteiger charge is -2.25. The summed E-state index contributed by atoms with van der Waals surface area (Å²) >= 11 is 0. The van der Waals surface area contributed by atoms with Gasteiger partial charge >= 0.3 is 0 Å². The molecule has 19 heavy (non-hydrogen) atoms. The van der Waals surface area contributed by atoms with Gasteiger partial charge in [-0.2, -0.15) is 0 Å². The Hall–Kier alpha value is -1.38. The molecule has 1 heterocycles. The molecule has 0 N–H and O–H groups in total. The zero-order valence-corrected chi connectivity index (χ0v) is 11.5. The first-order valence-electron chi connectivity index (χ1n) is 7.20. The Bertz CT molecular complexity index is 442. The van der Waals surface area contributed by atoms with Crippen LogP contribution in [-0.4, -0.2) is 11.9 Å². The minimum absolute atomic E-state index is 0.000641. The molecule has 104 valence electrons. The molecular formula is C16H21FO2. The summed E-state index contributed by atoms with van der Waals surface area (Å²) in [6, 6.07) is 4.18. The number of rotatable bonds is 6. The van der Waals surface area contributed by atoms with Gasteiger partial charge in [0.2, 0.25) is 0 Å². The highest BCUT2D eigenvalue weighted by Crippen LogP contribution is 2.30. The van der Waals surface area contributed by atoms with E-state index in [1.807, 2.05) is 0 Å². The lowest BCUT2D eigenvalue weighted by molar-refractivity contribution is 0.0834. The van der Waals surface area contributed by atoms with Crippen LogP contribution in [0.1, 0.15) is 62.2 Å². The van der Waals surface area contributed by atoms with E-state index in [2.05, 4.69) is 6.92 Å². The van der Waals surface area contributed by atoms with Crippen LogP contribution in [0.15, 0.2) is 18.2 Å². The molecule has 0 saturated heterocycles. The molecule has 0 bridgehead atoms. The first-order chi connectivity index (χ1) is 9.20. The second-order valence-electron chi connectivity index (χ2n) is 5.21. The van der Waals surface area contributed by atoms with Crippen molar-refractivity contribution in [1.29, 1.82) is 0 Å². The van der Waals surface area contributed by atoms with Crippen molar-refractivity contribution in [1.82, 2.24) is 0 Å². The van der Waals surface area contributed by atoms with Gasteiger partial charge in [0.15, 0.2) is 5.78 Å². The van der Waals surface area contributed by atoms with E-state index in [0.717, 1.165) is 12.8 Å². The largest absolute Gasteiger partial charge is 0.489 e. The van der Waals surface area contributed by atoms with E-state index in [1.54, 1.807) is 6.07 Å². The van der Waals surface area contributed by atoms with Crippen molar-refractivity contribution in [2.75, 3.05) is 0 Å². The summed E-state index contributed by atoms with van der Waals surface area (Å²) in [6.07, 6.45) is 7.29. The Morgan fingerprint density at radius 1 is 1.26 bits per heavy atom. The van der Waals surface area contributed by atoms with Gasteiger partial charge < -0.3 is 4.74 Å². The van der Waals surface area contributed by atoms with E-state index in [-0.39, 0.29) is 17.7 Å². The summed E-state index contributed by atoms with van der Waals surface area (Å²) in [6.45, 7) is 2.19. The molecule has 1 unspecified atom stereocenters. The van der Waals surface area contributed by atoms with Crippen LogP contribution in [0, 0.1) is 5.82 Å². The van der Waals surface area contributed by atoms with Gasteiger partial charge in [-0.05, 0) is 31.0 Å². The van der Waals surface area contributed by atoms with E-state index in [0.29, 0.717) is 17.7 Å². The van der Waals surface area contributed by atoms with Gasteiger partial charge in [0.1, 0.15) is 17.7 Å². The second kappa shape index (κ2) is 6.69. The van der Waals surface area contributed by atoms with Crippen LogP contribution >= 0.6 is 0 Å². The van der Waals surface area contributed by atoms with Crippen LogP contribution in [0.5, 0.6) is 5.75 Å². The highest BCUT2D eigenvalue weighted by atomic mass is 19.1. The Kier molecular flexibility index (Phi) is 4.94. The number of benzene rings is 1. The average molecular weight is 264 g/mol. The van der Waals surface area contributed by atoms with Crippen LogP contribution in [0.2, 0.25) is 0 Å². The smallest absolute Gasteiger partial charge is 0.170 e. The zero-order valence-electron chi connectivity index (χ0n) is 11.5. The molecule has 0 saturated carbocycles. The normalized spacial score (nSPS) is 18.0. The van der Waals surface area contributed by atoms with Gasteiger partial charge in [-0.25, -0.2) is 4.39 Å². The predicted molar refractivity (Wildman–Crippen MR) is 73.1 cm³/mol. The molecule has 2 rings (SSSR count). The Morgan fingerprint density at radius 3 is 2.84 bits per heavy atom. The van der Waals surface area contributed by atoms with Crippen LogP contribution in [-0.2, 0) is 0 Å². The Balaban J connectivity index is 1.87. The molecule has 1 aliphatic rings. The minimum Gasteiger partial charge on any atom is -0.489 e. The molecule has 2 nitrogen and oxygen atoms in total. The average Bonchev–Trinajstić information content (AvgIpc) is 2.39. The number of fused-ring (bicyclic) bond motifs is 1. The number of halogens is 1. The third-order valence-corrected chi connectivity index (χ3v) is 3.58. The van der Waals surface area contributed by atoms with E-state index in [4.69, 9.17) is 4.74 Å². The summed E-state index contributed by atoms with van der Waals surface area (Å²) in [5, 5.41) is 0. The van der Waals surface area contributed by atoms with E-state index < -0.39 is 0 Å². The highest BCUT2D eigenvalue weighted by molar-refractivity contribution is 5.99. The predicted octanol–water partition coefficient (Wildman–Crippen LogP) is 4.52. The number of ether oxygens (including phenoxy) is 1. The fourth-order valence-electron chi connectivity index (χ4n) is 2.50. The molecule has 0 aliphatic carbocycles. The summed E-state index contributed by atoms with van der Waals surface area (Å²) in [7, 11) is 0. The lowest BCUT2D eigenvalue weighted by atomic mass is 9.97. The molecule has 1 aliphatic heterocycles. The van der Waals surface area contributed by atoms with Crippen molar-refractivity contribution in [2.24, 2.45) is 0 Å².